The van der Waals surface area contributed by atoms with Crippen LogP contribution in [-0.2, 0) is 6.61 Å². The first-order valence-electron chi connectivity index (χ1n) is 5.85. The minimum absolute atomic E-state index is 0.233. The van der Waals surface area contributed by atoms with Crippen LogP contribution in [0.25, 0.3) is 0 Å². The lowest BCUT2D eigenvalue weighted by Gasteiger charge is -2.12. The van der Waals surface area contributed by atoms with Crippen molar-refractivity contribution in [1.29, 1.82) is 10.5 Å². The Morgan fingerprint density at radius 2 is 1.86 bits per heavy atom. The maximum Gasteiger partial charge on any atom is 0.156 e. The third kappa shape index (κ3) is 3.57. The first-order chi connectivity index (χ1) is 10.0. The summed E-state index contributed by atoms with van der Waals surface area (Å²) in [6, 6.07) is 12.3. The molecule has 0 aromatic heterocycles. The summed E-state index contributed by atoms with van der Waals surface area (Å²) < 4.78 is 6.46. The van der Waals surface area contributed by atoms with E-state index >= 15 is 0 Å². The molecule has 21 heavy (non-hydrogen) atoms. The van der Waals surface area contributed by atoms with Gasteiger partial charge in [0.15, 0.2) is 5.75 Å². The molecule has 0 saturated heterocycles. The second-order valence-electron chi connectivity index (χ2n) is 4.19. The number of halogens is 2. The maximum atomic E-state index is 8.88. The Balaban J connectivity index is 2.21. The Labute approximate surface area is 140 Å². The zero-order valence-corrected chi connectivity index (χ0v) is 13.6. The van der Waals surface area contributed by atoms with Crippen molar-refractivity contribution in [2.24, 2.45) is 0 Å². The summed E-state index contributed by atoms with van der Waals surface area (Å²) in [4.78, 5) is 0. The molecule has 4 nitrogen and oxygen atoms in total. The largest absolute Gasteiger partial charge is 0.486 e. The van der Waals surface area contributed by atoms with E-state index < -0.39 is 0 Å². The zero-order chi connectivity index (χ0) is 15.4. The van der Waals surface area contributed by atoms with E-state index in [-0.39, 0.29) is 6.61 Å². The van der Waals surface area contributed by atoms with Crippen LogP contribution in [0.4, 0.5) is 5.69 Å². The molecule has 2 rings (SSSR count). The molecule has 104 valence electrons. The van der Waals surface area contributed by atoms with Crippen LogP contribution in [0, 0.1) is 26.2 Å². The summed E-state index contributed by atoms with van der Waals surface area (Å²) in [5, 5.41) is 18.1. The van der Waals surface area contributed by atoms with E-state index in [2.05, 4.69) is 22.6 Å². The van der Waals surface area contributed by atoms with Crippen molar-refractivity contribution in [2.75, 3.05) is 5.73 Å². The third-order valence-corrected chi connectivity index (χ3v) is 3.91. The van der Waals surface area contributed by atoms with E-state index in [9.17, 15) is 0 Å². The molecule has 0 radical (unpaired) electrons. The highest BCUT2D eigenvalue weighted by molar-refractivity contribution is 14.1. The SMILES string of the molecule is N#Cc1ccc(COc2c(N)cc(C#N)cc2I)c(Cl)c1. The smallest absolute Gasteiger partial charge is 0.156 e. The lowest BCUT2D eigenvalue weighted by Crippen LogP contribution is -2.02. The third-order valence-electron chi connectivity index (χ3n) is 2.76. The van der Waals surface area contributed by atoms with Crippen molar-refractivity contribution in [3.8, 4) is 17.9 Å². The lowest BCUT2D eigenvalue weighted by molar-refractivity contribution is 0.306. The molecule has 0 atom stereocenters. The molecule has 2 aromatic carbocycles. The van der Waals surface area contributed by atoms with Gasteiger partial charge in [0.25, 0.3) is 0 Å². The minimum Gasteiger partial charge on any atom is -0.486 e. The van der Waals surface area contributed by atoms with Crippen molar-refractivity contribution in [3.63, 3.8) is 0 Å². The lowest BCUT2D eigenvalue weighted by atomic mass is 10.1. The summed E-state index contributed by atoms with van der Waals surface area (Å²) >= 11 is 8.16. The molecule has 0 aliphatic carbocycles. The number of nitrogens with two attached hydrogens (primary N) is 1. The van der Waals surface area contributed by atoms with Crippen LogP contribution in [0.5, 0.6) is 5.75 Å². The molecule has 0 heterocycles. The summed E-state index contributed by atoms with van der Waals surface area (Å²) in [6.07, 6.45) is 0. The van der Waals surface area contributed by atoms with Gasteiger partial charge in [-0.3, -0.25) is 0 Å². The Bertz CT molecular complexity index is 754. The van der Waals surface area contributed by atoms with Crippen molar-refractivity contribution < 1.29 is 4.74 Å². The highest BCUT2D eigenvalue weighted by Crippen LogP contribution is 2.31. The number of hydrogen-bond donors (Lipinski definition) is 1. The fraction of sp³-hybridized carbons (Fsp3) is 0.0667. The highest BCUT2D eigenvalue weighted by atomic mass is 127. The monoisotopic (exact) mass is 409 g/mol. The summed E-state index contributed by atoms with van der Waals surface area (Å²) in [7, 11) is 0. The summed E-state index contributed by atoms with van der Waals surface area (Å²) in [5.41, 5.74) is 8.04. The van der Waals surface area contributed by atoms with Gasteiger partial charge in [-0.2, -0.15) is 10.5 Å². The van der Waals surface area contributed by atoms with Gasteiger partial charge in [0.1, 0.15) is 6.61 Å². The summed E-state index contributed by atoms with van der Waals surface area (Å²) in [5.74, 6) is 0.523. The van der Waals surface area contributed by atoms with Crippen molar-refractivity contribution in [1.82, 2.24) is 0 Å². The molecular weight excluding hydrogens is 401 g/mol. The molecule has 0 bridgehead atoms. The standard InChI is InChI=1S/C15H9ClIN3O/c16-12-3-9(6-18)1-2-11(12)8-21-15-13(17)4-10(7-19)5-14(15)20/h1-5H,8,20H2. The van der Waals surface area contributed by atoms with Gasteiger partial charge < -0.3 is 10.5 Å². The normalized spacial score (nSPS) is 9.71. The number of nitriles is 2. The molecule has 0 fully saturated rings. The first-order valence-corrected chi connectivity index (χ1v) is 7.31. The van der Waals surface area contributed by atoms with E-state index in [1.165, 1.54) is 0 Å². The Morgan fingerprint density at radius 1 is 1.14 bits per heavy atom. The van der Waals surface area contributed by atoms with E-state index in [1.54, 1.807) is 30.3 Å². The fourth-order valence-corrected chi connectivity index (χ4v) is 2.75. The second kappa shape index (κ2) is 6.66. The van der Waals surface area contributed by atoms with Crippen molar-refractivity contribution in [3.05, 3.63) is 55.6 Å². The Kier molecular flexibility index (Phi) is 4.89. The highest BCUT2D eigenvalue weighted by Gasteiger charge is 2.10. The number of anilines is 1. The molecule has 0 saturated carbocycles. The van der Waals surface area contributed by atoms with E-state index in [0.29, 0.717) is 27.6 Å². The molecule has 2 N–H and O–H groups in total. The predicted molar refractivity (Wildman–Crippen MR) is 88.8 cm³/mol. The van der Waals surface area contributed by atoms with E-state index in [1.807, 2.05) is 12.1 Å². The maximum absolute atomic E-state index is 8.88. The number of nitrogens with zero attached hydrogens (tertiary/aromatic N) is 2. The Morgan fingerprint density at radius 3 is 2.43 bits per heavy atom. The number of hydrogen-bond acceptors (Lipinski definition) is 4. The van der Waals surface area contributed by atoms with Crippen LogP contribution in [0.2, 0.25) is 5.02 Å². The van der Waals surface area contributed by atoms with Gasteiger partial charge in [0.05, 0.1) is 32.5 Å². The average Bonchev–Trinajstić information content (AvgIpc) is 2.47. The van der Waals surface area contributed by atoms with Gasteiger partial charge in [0.2, 0.25) is 0 Å². The predicted octanol–water partition coefficient (Wildman–Crippen LogP) is 3.85. The minimum atomic E-state index is 0.233. The van der Waals surface area contributed by atoms with Gasteiger partial charge in [-0.1, -0.05) is 17.7 Å². The van der Waals surface area contributed by atoms with Crippen LogP contribution in [-0.4, -0.2) is 0 Å². The number of nitrogen functional groups attached to an aromatic ring is 1. The molecule has 0 unspecified atom stereocenters. The number of ether oxygens (including phenoxy) is 1. The quantitative estimate of drug-likeness (QED) is 0.616. The molecule has 0 aliphatic heterocycles. The number of benzene rings is 2. The first kappa shape index (κ1) is 15.4. The van der Waals surface area contributed by atoms with E-state index in [4.69, 9.17) is 32.6 Å². The van der Waals surface area contributed by atoms with Crippen LogP contribution in [0.15, 0.2) is 30.3 Å². The molecular formula is C15H9ClIN3O. The van der Waals surface area contributed by atoms with Crippen LogP contribution < -0.4 is 10.5 Å². The zero-order valence-electron chi connectivity index (χ0n) is 10.7. The van der Waals surface area contributed by atoms with Crippen LogP contribution >= 0.6 is 34.2 Å². The van der Waals surface area contributed by atoms with Crippen LogP contribution in [0.1, 0.15) is 16.7 Å². The fourth-order valence-electron chi connectivity index (χ4n) is 1.72. The number of rotatable bonds is 3. The molecule has 0 aliphatic rings. The van der Waals surface area contributed by atoms with Crippen LogP contribution in [0.3, 0.4) is 0 Å². The molecule has 2 aromatic rings. The average molecular weight is 410 g/mol. The van der Waals surface area contributed by atoms with Gasteiger partial charge in [-0.15, -0.1) is 0 Å². The van der Waals surface area contributed by atoms with Gasteiger partial charge >= 0.3 is 0 Å². The Hall–Kier alpha value is -1.96. The summed E-state index contributed by atoms with van der Waals surface area (Å²) in [6.45, 7) is 0.233. The van der Waals surface area contributed by atoms with Gasteiger partial charge in [-0.25, -0.2) is 0 Å². The topological polar surface area (TPSA) is 82.8 Å². The van der Waals surface area contributed by atoms with Gasteiger partial charge in [-0.05, 0) is 46.9 Å². The molecule has 0 amide bonds. The van der Waals surface area contributed by atoms with Crippen molar-refractivity contribution >= 4 is 39.9 Å². The molecule has 0 spiro atoms. The molecule has 6 heteroatoms. The van der Waals surface area contributed by atoms with Crippen molar-refractivity contribution in [2.45, 2.75) is 6.61 Å². The van der Waals surface area contributed by atoms with E-state index in [0.717, 1.165) is 9.13 Å². The van der Waals surface area contributed by atoms with Gasteiger partial charge in [0, 0.05) is 10.6 Å². The second-order valence-corrected chi connectivity index (χ2v) is 5.76.